The van der Waals surface area contributed by atoms with Gasteiger partial charge in [0.15, 0.2) is 6.10 Å². The van der Waals surface area contributed by atoms with Gasteiger partial charge in [-0.3, -0.25) is 20.4 Å². The fourth-order valence-corrected chi connectivity index (χ4v) is 2.34. The second kappa shape index (κ2) is 9.06. The van der Waals surface area contributed by atoms with Crippen LogP contribution in [0.15, 0.2) is 48.5 Å². The minimum atomic E-state index is -0.757. The zero-order valence-electron chi connectivity index (χ0n) is 14.9. The molecule has 0 aromatic heterocycles. The van der Waals surface area contributed by atoms with Gasteiger partial charge in [-0.15, -0.1) is 0 Å². The van der Waals surface area contributed by atoms with E-state index < -0.39 is 17.9 Å². The maximum absolute atomic E-state index is 12.1. The van der Waals surface area contributed by atoms with E-state index in [2.05, 4.69) is 10.9 Å². The molecule has 0 spiro atoms. The number of hydrogen-bond donors (Lipinski definition) is 2. The molecule has 26 heavy (non-hydrogen) atoms. The summed E-state index contributed by atoms with van der Waals surface area (Å²) in [5.41, 5.74) is 7.50. The number of aryl methyl sites for hydroxylation is 1. The fourth-order valence-electron chi connectivity index (χ4n) is 2.14. The highest BCUT2D eigenvalue weighted by atomic mass is 35.5. The molecule has 0 saturated carbocycles. The van der Waals surface area contributed by atoms with Crippen LogP contribution in [0.4, 0.5) is 0 Å². The van der Waals surface area contributed by atoms with E-state index in [0.29, 0.717) is 10.8 Å². The molecular formula is C20H21ClN2O3. The summed E-state index contributed by atoms with van der Waals surface area (Å²) < 4.78 is 5.67. The van der Waals surface area contributed by atoms with Crippen molar-refractivity contribution < 1.29 is 14.3 Å². The molecule has 0 heterocycles. The van der Waals surface area contributed by atoms with Gasteiger partial charge in [-0.1, -0.05) is 35.9 Å². The smallest absolute Gasteiger partial charge is 0.279 e. The zero-order chi connectivity index (χ0) is 19.1. The highest BCUT2D eigenvalue weighted by molar-refractivity contribution is 6.30. The molecule has 0 aliphatic rings. The number of nitrogens with one attached hydrogen (secondary N) is 2. The van der Waals surface area contributed by atoms with Crippen molar-refractivity contribution in [2.45, 2.75) is 26.9 Å². The molecule has 0 fully saturated rings. The number of carbonyl (C=O) groups excluding carboxylic acids is 2. The van der Waals surface area contributed by atoms with E-state index in [0.717, 1.165) is 16.7 Å². The molecule has 2 rings (SSSR count). The number of benzene rings is 2. The van der Waals surface area contributed by atoms with Crippen LogP contribution in [0.3, 0.4) is 0 Å². The topological polar surface area (TPSA) is 67.4 Å². The van der Waals surface area contributed by atoms with Crippen LogP contribution in [-0.4, -0.2) is 17.9 Å². The molecular weight excluding hydrogens is 352 g/mol. The summed E-state index contributed by atoms with van der Waals surface area (Å²) in [4.78, 5) is 23.9. The van der Waals surface area contributed by atoms with Crippen LogP contribution >= 0.6 is 11.6 Å². The van der Waals surface area contributed by atoms with Gasteiger partial charge in [0.25, 0.3) is 11.8 Å². The maximum Gasteiger partial charge on any atom is 0.279 e. The average molecular weight is 373 g/mol. The Kier molecular flexibility index (Phi) is 6.81. The minimum Gasteiger partial charge on any atom is -0.481 e. The third-order valence-electron chi connectivity index (χ3n) is 3.81. The van der Waals surface area contributed by atoms with E-state index >= 15 is 0 Å². The van der Waals surface area contributed by atoms with Crippen LogP contribution in [-0.2, 0) is 9.59 Å². The highest BCUT2D eigenvalue weighted by Gasteiger charge is 2.16. The van der Waals surface area contributed by atoms with E-state index in [9.17, 15) is 9.59 Å². The summed E-state index contributed by atoms with van der Waals surface area (Å²) in [6.45, 7) is 5.52. The lowest BCUT2D eigenvalue weighted by atomic mass is 10.1. The normalized spacial score (nSPS) is 11.8. The molecule has 0 radical (unpaired) electrons. The van der Waals surface area contributed by atoms with Crippen LogP contribution < -0.4 is 15.6 Å². The summed E-state index contributed by atoms with van der Waals surface area (Å²) in [5.74, 6) is -0.271. The van der Waals surface area contributed by atoms with Gasteiger partial charge in [-0.05, 0) is 61.7 Å². The Labute approximate surface area is 158 Å². The molecule has 1 atom stereocenters. The van der Waals surface area contributed by atoms with E-state index in [1.807, 2.05) is 32.0 Å². The lowest BCUT2D eigenvalue weighted by Crippen LogP contribution is -2.46. The summed E-state index contributed by atoms with van der Waals surface area (Å²) in [5, 5.41) is 0.582. The van der Waals surface area contributed by atoms with E-state index in [4.69, 9.17) is 16.3 Å². The monoisotopic (exact) mass is 372 g/mol. The van der Waals surface area contributed by atoms with Gasteiger partial charge in [0.1, 0.15) is 5.75 Å². The first kappa shape index (κ1) is 19.5. The van der Waals surface area contributed by atoms with Crippen LogP contribution in [0.1, 0.15) is 23.6 Å². The van der Waals surface area contributed by atoms with Crippen molar-refractivity contribution >= 4 is 29.5 Å². The number of halogens is 1. The van der Waals surface area contributed by atoms with E-state index in [1.54, 1.807) is 37.3 Å². The lowest BCUT2D eigenvalue weighted by molar-refractivity contribution is -0.131. The molecule has 5 nitrogen and oxygen atoms in total. The Balaban J connectivity index is 1.85. The van der Waals surface area contributed by atoms with Crippen molar-refractivity contribution in [2.75, 3.05) is 0 Å². The summed E-state index contributed by atoms with van der Waals surface area (Å²) in [6, 6.07) is 12.7. The second-order valence-electron chi connectivity index (χ2n) is 5.82. The van der Waals surface area contributed by atoms with Crippen LogP contribution in [0, 0.1) is 13.8 Å². The average Bonchev–Trinajstić information content (AvgIpc) is 2.61. The molecule has 0 saturated heterocycles. The Morgan fingerprint density at radius 2 is 1.85 bits per heavy atom. The standard InChI is InChI=1S/C20H21ClN2O3/c1-13-6-4-9-18(14(13)2)26-15(3)20(25)23-22-19(24)11-10-16-7-5-8-17(21)12-16/h4-12,15H,1-3H3,(H,22,24)(H,23,25)/b11-10+/t15-/m0/s1. The Hall–Kier alpha value is -2.79. The van der Waals surface area contributed by atoms with Crippen molar-refractivity contribution in [3.8, 4) is 5.75 Å². The SMILES string of the molecule is Cc1cccc(O[C@@H](C)C(=O)NNC(=O)/C=C/c2cccc(Cl)c2)c1C. The molecule has 2 amide bonds. The van der Waals surface area contributed by atoms with E-state index in [1.165, 1.54) is 6.08 Å². The first-order chi connectivity index (χ1) is 12.4. The second-order valence-corrected chi connectivity index (χ2v) is 6.26. The summed E-state index contributed by atoms with van der Waals surface area (Å²) in [7, 11) is 0. The predicted octanol–water partition coefficient (Wildman–Crippen LogP) is 3.58. The van der Waals surface area contributed by atoms with Crippen LogP contribution in [0.5, 0.6) is 5.75 Å². The molecule has 0 bridgehead atoms. The zero-order valence-corrected chi connectivity index (χ0v) is 15.6. The lowest BCUT2D eigenvalue weighted by Gasteiger charge is -2.17. The maximum atomic E-state index is 12.1. The van der Waals surface area contributed by atoms with Crippen molar-refractivity contribution in [1.29, 1.82) is 0 Å². The molecule has 2 aromatic carbocycles. The molecule has 0 aliphatic heterocycles. The molecule has 2 aromatic rings. The number of amides is 2. The third-order valence-corrected chi connectivity index (χ3v) is 4.05. The van der Waals surface area contributed by atoms with Gasteiger partial charge in [-0.25, -0.2) is 0 Å². The van der Waals surface area contributed by atoms with Crippen molar-refractivity contribution in [1.82, 2.24) is 10.9 Å². The molecule has 0 aliphatic carbocycles. The summed E-state index contributed by atoms with van der Waals surface area (Å²) in [6.07, 6.45) is 2.15. The fraction of sp³-hybridized carbons (Fsp3) is 0.200. The van der Waals surface area contributed by atoms with Crippen molar-refractivity contribution in [2.24, 2.45) is 0 Å². The first-order valence-electron chi connectivity index (χ1n) is 8.13. The van der Waals surface area contributed by atoms with Gasteiger partial charge in [0.2, 0.25) is 0 Å². The van der Waals surface area contributed by atoms with Crippen LogP contribution in [0.2, 0.25) is 5.02 Å². The van der Waals surface area contributed by atoms with E-state index in [-0.39, 0.29) is 0 Å². The van der Waals surface area contributed by atoms with Gasteiger partial charge in [-0.2, -0.15) is 0 Å². The minimum absolute atomic E-state index is 0.449. The summed E-state index contributed by atoms with van der Waals surface area (Å²) >= 11 is 5.88. The van der Waals surface area contributed by atoms with Gasteiger partial charge < -0.3 is 4.74 Å². The molecule has 0 unspecified atom stereocenters. The molecule has 136 valence electrons. The van der Waals surface area contributed by atoms with Crippen LogP contribution in [0.25, 0.3) is 6.08 Å². The number of hydrazine groups is 1. The number of rotatable bonds is 5. The Morgan fingerprint density at radius 1 is 1.12 bits per heavy atom. The molecule has 2 N–H and O–H groups in total. The van der Waals surface area contributed by atoms with Gasteiger partial charge >= 0.3 is 0 Å². The largest absolute Gasteiger partial charge is 0.481 e. The number of carbonyl (C=O) groups is 2. The van der Waals surface area contributed by atoms with Crippen molar-refractivity contribution in [3.05, 3.63) is 70.3 Å². The third kappa shape index (κ3) is 5.63. The predicted molar refractivity (Wildman–Crippen MR) is 103 cm³/mol. The Morgan fingerprint density at radius 3 is 2.58 bits per heavy atom. The highest BCUT2D eigenvalue weighted by Crippen LogP contribution is 2.21. The Bertz CT molecular complexity index is 834. The van der Waals surface area contributed by atoms with Gasteiger partial charge in [0, 0.05) is 11.1 Å². The quantitative estimate of drug-likeness (QED) is 0.622. The number of ether oxygens (including phenoxy) is 1. The van der Waals surface area contributed by atoms with Gasteiger partial charge in [0.05, 0.1) is 0 Å². The first-order valence-corrected chi connectivity index (χ1v) is 8.51. The number of hydrogen-bond acceptors (Lipinski definition) is 3. The van der Waals surface area contributed by atoms with Crippen molar-refractivity contribution in [3.63, 3.8) is 0 Å². The molecule has 6 heteroatoms.